The van der Waals surface area contributed by atoms with Gasteiger partial charge in [-0.15, -0.1) is 0 Å². The summed E-state index contributed by atoms with van der Waals surface area (Å²) < 4.78 is 0. The molecule has 4 nitrogen and oxygen atoms in total. The minimum atomic E-state index is -0.545. The standard InChI is InChI=1S/C18H17ClN4/c1-11-17(20)23-18(22-11,14-5-6-14)15-4-2-3-12(7-15)13-8-16(19)10-21-9-13/h2-4,7-10,14H,5-6H2,1H3,(H2,20,23). The van der Waals surface area contributed by atoms with E-state index in [-0.39, 0.29) is 0 Å². The molecule has 0 bridgehead atoms. The molecule has 1 aromatic heterocycles. The molecule has 116 valence electrons. The molecule has 1 fully saturated rings. The fourth-order valence-electron chi connectivity index (χ4n) is 3.13. The van der Waals surface area contributed by atoms with Crippen LogP contribution in [0.5, 0.6) is 0 Å². The molecule has 1 atom stereocenters. The largest absolute Gasteiger partial charge is 0.382 e. The summed E-state index contributed by atoms with van der Waals surface area (Å²) >= 11 is 6.06. The van der Waals surface area contributed by atoms with E-state index in [1.807, 2.05) is 25.3 Å². The lowest BCUT2D eigenvalue weighted by Gasteiger charge is -2.24. The van der Waals surface area contributed by atoms with E-state index in [0.29, 0.717) is 16.8 Å². The van der Waals surface area contributed by atoms with Gasteiger partial charge < -0.3 is 5.73 Å². The fourth-order valence-corrected chi connectivity index (χ4v) is 3.31. The Morgan fingerprint density at radius 2 is 1.96 bits per heavy atom. The molecule has 0 spiro atoms. The van der Waals surface area contributed by atoms with E-state index in [4.69, 9.17) is 27.3 Å². The van der Waals surface area contributed by atoms with Gasteiger partial charge in [-0.25, -0.2) is 4.99 Å². The van der Waals surface area contributed by atoms with Crippen molar-refractivity contribution in [3.05, 3.63) is 53.3 Å². The molecule has 4 rings (SSSR count). The van der Waals surface area contributed by atoms with Gasteiger partial charge in [-0.05, 0) is 37.5 Å². The maximum absolute atomic E-state index is 6.06. The van der Waals surface area contributed by atoms with Crippen molar-refractivity contribution in [1.82, 2.24) is 4.98 Å². The Hall–Kier alpha value is -2.20. The molecule has 2 aromatic rings. The van der Waals surface area contributed by atoms with E-state index in [0.717, 1.165) is 35.2 Å². The molecule has 1 saturated carbocycles. The van der Waals surface area contributed by atoms with Gasteiger partial charge in [0.15, 0.2) is 5.66 Å². The second-order valence-electron chi connectivity index (χ2n) is 6.17. The van der Waals surface area contributed by atoms with Crippen LogP contribution in [-0.4, -0.2) is 16.5 Å². The van der Waals surface area contributed by atoms with Crippen LogP contribution in [0.25, 0.3) is 11.1 Å². The van der Waals surface area contributed by atoms with E-state index in [1.54, 1.807) is 6.20 Å². The second kappa shape index (κ2) is 5.17. The van der Waals surface area contributed by atoms with Gasteiger partial charge in [-0.2, -0.15) is 0 Å². The van der Waals surface area contributed by atoms with E-state index in [1.165, 1.54) is 0 Å². The zero-order valence-corrected chi connectivity index (χ0v) is 13.6. The van der Waals surface area contributed by atoms with Crippen LogP contribution in [0, 0.1) is 5.92 Å². The van der Waals surface area contributed by atoms with Crippen LogP contribution in [0.3, 0.4) is 0 Å². The average molecular weight is 325 g/mol. The van der Waals surface area contributed by atoms with E-state index in [2.05, 4.69) is 23.2 Å². The molecule has 2 aliphatic rings. The van der Waals surface area contributed by atoms with Gasteiger partial charge in [-0.3, -0.25) is 9.98 Å². The summed E-state index contributed by atoms with van der Waals surface area (Å²) in [6.45, 7) is 1.92. The van der Waals surface area contributed by atoms with Crippen LogP contribution in [0.1, 0.15) is 25.3 Å². The quantitative estimate of drug-likeness (QED) is 0.933. The number of aromatic nitrogens is 1. The van der Waals surface area contributed by atoms with Crippen molar-refractivity contribution < 1.29 is 0 Å². The van der Waals surface area contributed by atoms with Crippen LogP contribution in [-0.2, 0) is 5.66 Å². The molecule has 0 amide bonds. The Labute approximate surface area is 140 Å². The van der Waals surface area contributed by atoms with Gasteiger partial charge in [-0.1, -0.05) is 29.8 Å². The van der Waals surface area contributed by atoms with Gasteiger partial charge in [0.2, 0.25) is 0 Å². The minimum absolute atomic E-state index is 0.436. The summed E-state index contributed by atoms with van der Waals surface area (Å²) in [4.78, 5) is 13.7. The smallest absolute Gasteiger partial charge is 0.181 e. The zero-order chi connectivity index (χ0) is 16.0. The molecule has 2 heterocycles. The summed E-state index contributed by atoms with van der Waals surface area (Å²) in [7, 11) is 0. The topological polar surface area (TPSA) is 63.6 Å². The van der Waals surface area contributed by atoms with Gasteiger partial charge in [0.1, 0.15) is 5.84 Å². The van der Waals surface area contributed by atoms with Gasteiger partial charge in [0.05, 0.1) is 10.7 Å². The van der Waals surface area contributed by atoms with Crippen LogP contribution >= 0.6 is 11.6 Å². The molecule has 0 saturated heterocycles. The molecule has 0 radical (unpaired) electrons. The predicted molar refractivity (Wildman–Crippen MR) is 93.8 cm³/mol. The third-order valence-corrected chi connectivity index (χ3v) is 4.68. The summed E-state index contributed by atoms with van der Waals surface area (Å²) in [6.07, 6.45) is 5.72. The number of benzene rings is 1. The summed E-state index contributed by atoms with van der Waals surface area (Å²) in [6, 6.07) is 10.2. The van der Waals surface area contributed by atoms with E-state index < -0.39 is 5.66 Å². The number of hydrogen-bond acceptors (Lipinski definition) is 4. The lowest BCUT2D eigenvalue weighted by atomic mass is 9.92. The normalized spacial score (nSPS) is 23.6. The van der Waals surface area contributed by atoms with Crippen molar-refractivity contribution in [2.24, 2.45) is 21.6 Å². The number of nitrogens with two attached hydrogens (primary N) is 1. The SMILES string of the molecule is CC1=NC(c2cccc(-c3cncc(Cl)c3)c2)(C2CC2)N=C1N. The van der Waals surface area contributed by atoms with Crippen LogP contribution < -0.4 is 5.73 Å². The third-order valence-electron chi connectivity index (χ3n) is 4.47. The molecular weight excluding hydrogens is 308 g/mol. The number of aliphatic imine (C=N–C) groups is 2. The van der Waals surface area contributed by atoms with E-state index in [9.17, 15) is 0 Å². The van der Waals surface area contributed by atoms with Gasteiger partial charge in [0, 0.05) is 29.4 Å². The van der Waals surface area contributed by atoms with Crippen molar-refractivity contribution in [3.8, 4) is 11.1 Å². The second-order valence-corrected chi connectivity index (χ2v) is 6.60. The lowest BCUT2D eigenvalue weighted by Crippen LogP contribution is -2.23. The number of rotatable bonds is 3. The first-order valence-corrected chi connectivity index (χ1v) is 8.10. The lowest BCUT2D eigenvalue weighted by molar-refractivity contribution is 0.417. The van der Waals surface area contributed by atoms with Crippen molar-refractivity contribution >= 4 is 23.1 Å². The van der Waals surface area contributed by atoms with Crippen molar-refractivity contribution in [3.63, 3.8) is 0 Å². The highest BCUT2D eigenvalue weighted by Crippen LogP contribution is 2.51. The average Bonchev–Trinajstić information content (AvgIpc) is 3.35. The van der Waals surface area contributed by atoms with Crippen molar-refractivity contribution in [2.45, 2.75) is 25.4 Å². The molecular formula is C18H17ClN4. The number of hydrogen-bond donors (Lipinski definition) is 1. The third kappa shape index (κ3) is 2.43. The highest BCUT2D eigenvalue weighted by Gasteiger charge is 2.49. The zero-order valence-electron chi connectivity index (χ0n) is 12.8. The first-order valence-electron chi connectivity index (χ1n) is 7.72. The summed E-state index contributed by atoms with van der Waals surface area (Å²) in [5, 5.41) is 0.627. The Bertz CT molecular complexity index is 818. The van der Waals surface area contributed by atoms with Gasteiger partial charge in [0.25, 0.3) is 0 Å². The highest BCUT2D eigenvalue weighted by atomic mass is 35.5. The highest BCUT2D eigenvalue weighted by molar-refractivity contribution is 6.41. The van der Waals surface area contributed by atoms with Crippen LogP contribution in [0.2, 0.25) is 5.02 Å². The van der Waals surface area contributed by atoms with E-state index >= 15 is 0 Å². The van der Waals surface area contributed by atoms with Gasteiger partial charge >= 0.3 is 0 Å². The first kappa shape index (κ1) is 14.4. The van der Waals surface area contributed by atoms with Crippen LogP contribution in [0.4, 0.5) is 0 Å². The first-order chi connectivity index (χ1) is 11.1. The monoisotopic (exact) mass is 324 g/mol. The maximum Gasteiger partial charge on any atom is 0.181 e. The number of nitrogens with zero attached hydrogens (tertiary/aromatic N) is 3. The molecule has 23 heavy (non-hydrogen) atoms. The summed E-state index contributed by atoms with van der Waals surface area (Å²) in [5.41, 5.74) is 9.43. The molecule has 1 unspecified atom stereocenters. The number of halogens is 1. The molecule has 1 aromatic carbocycles. The Balaban J connectivity index is 1.82. The Morgan fingerprint density at radius 1 is 1.13 bits per heavy atom. The number of amidine groups is 1. The molecule has 5 heteroatoms. The van der Waals surface area contributed by atoms with Crippen molar-refractivity contribution in [2.75, 3.05) is 0 Å². The Morgan fingerprint density at radius 3 is 2.61 bits per heavy atom. The van der Waals surface area contributed by atoms with Crippen molar-refractivity contribution in [1.29, 1.82) is 0 Å². The fraction of sp³-hybridized carbons (Fsp3) is 0.278. The minimum Gasteiger partial charge on any atom is -0.382 e. The predicted octanol–water partition coefficient (Wildman–Crippen LogP) is 3.80. The maximum atomic E-state index is 6.06. The molecule has 2 N–H and O–H groups in total. The molecule has 1 aliphatic carbocycles. The number of pyridine rings is 1. The van der Waals surface area contributed by atoms with Crippen LogP contribution in [0.15, 0.2) is 52.7 Å². The Kier molecular flexibility index (Phi) is 3.23. The molecule has 1 aliphatic heterocycles. The summed E-state index contributed by atoms with van der Waals surface area (Å²) in [5.74, 6) is 0.984.